The van der Waals surface area contributed by atoms with Crippen molar-refractivity contribution in [2.24, 2.45) is 5.92 Å². The second kappa shape index (κ2) is 9.56. The number of benzene rings is 1. The quantitative estimate of drug-likeness (QED) is 0.735. The summed E-state index contributed by atoms with van der Waals surface area (Å²) in [5.74, 6) is -0.941. The number of ether oxygens (including phenoxy) is 1. The van der Waals surface area contributed by atoms with Gasteiger partial charge in [0.05, 0.1) is 17.1 Å². The summed E-state index contributed by atoms with van der Waals surface area (Å²) in [5.41, 5.74) is 2.26. The van der Waals surface area contributed by atoms with Gasteiger partial charge in [-0.05, 0) is 44.7 Å². The summed E-state index contributed by atoms with van der Waals surface area (Å²) in [6.07, 6.45) is 4.19. The Morgan fingerprint density at radius 2 is 1.83 bits per heavy atom. The van der Waals surface area contributed by atoms with Crippen molar-refractivity contribution in [3.63, 3.8) is 0 Å². The first-order chi connectivity index (χ1) is 14.4. The molecule has 0 aliphatic heterocycles. The van der Waals surface area contributed by atoms with Gasteiger partial charge in [-0.2, -0.15) is 5.10 Å². The van der Waals surface area contributed by atoms with Gasteiger partial charge in [0, 0.05) is 6.04 Å². The van der Waals surface area contributed by atoms with Crippen LogP contribution < -0.4 is 10.6 Å². The van der Waals surface area contributed by atoms with E-state index in [0.29, 0.717) is 22.9 Å². The van der Waals surface area contributed by atoms with Gasteiger partial charge in [0.2, 0.25) is 0 Å². The number of nitrogens with one attached hydrogen (secondary N) is 2. The van der Waals surface area contributed by atoms with E-state index in [9.17, 15) is 14.4 Å². The Kier molecular flexibility index (Phi) is 6.87. The maximum atomic E-state index is 12.5. The standard InChI is InChI=1S/C22H28N4O4/c1-14-9-7-8-12-18(14)23-22(29)24-19(27)13-30-21(28)20-15(2)25-26(16(20)3)17-10-5-4-6-11-17/h4-6,10-11,14,18H,7-9,12-13H2,1-3H3,(H2,23,24,27,29)/t14-,18+/m0/s1. The number of urea groups is 1. The lowest BCUT2D eigenvalue weighted by Crippen LogP contribution is -2.48. The van der Waals surface area contributed by atoms with Crippen LogP contribution in [-0.4, -0.2) is 40.3 Å². The average Bonchev–Trinajstić information content (AvgIpc) is 3.02. The van der Waals surface area contributed by atoms with Crippen LogP contribution in [0.1, 0.15) is 54.4 Å². The number of hydrogen-bond acceptors (Lipinski definition) is 5. The lowest BCUT2D eigenvalue weighted by atomic mass is 9.86. The number of imide groups is 1. The van der Waals surface area contributed by atoms with Crippen molar-refractivity contribution < 1.29 is 19.1 Å². The van der Waals surface area contributed by atoms with Gasteiger partial charge in [-0.15, -0.1) is 0 Å². The van der Waals surface area contributed by atoms with E-state index in [1.54, 1.807) is 18.5 Å². The van der Waals surface area contributed by atoms with E-state index in [1.807, 2.05) is 30.3 Å². The SMILES string of the molecule is Cc1nn(-c2ccccc2)c(C)c1C(=O)OCC(=O)NC(=O)N[C@@H]1CCCC[C@@H]1C. The summed E-state index contributed by atoms with van der Waals surface area (Å²) in [6.45, 7) is 5.03. The van der Waals surface area contributed by atoms with E-state index in [2.05, 4.69) is 22.7 Å². The molecule has 1 aromatic heterocycles. The largest absolute Gasteiger partial charge is 0.452 e. The van der Waals surface area contributed by atoms with E-state index < -0.39 is 24.5 Å². The van der Waals surface area contributed by atoms with Crippen molar-refractivity contribution in [1.29, 1.82) is 0 Å². The molecule has 30 heavy (non-hydrogen) atoms. The minimum absolute atomic E-state index is 0.0585. The van der Waals surface area contributed by atoms with Gasteiger partial charge in [0.1, 0.15) is 5.56 Å². The zero-order valence-electron chi connectivity index (χ0n) is 17.6. The zero-order chi connectivity index (χ0) is 21.7. The monoisotopic (exact) mass is 412 g/mol. The molecule has 1 aliphatic rings. The number of aromatic nitrogens is 2. The van der Waals surface area contributed by atoms with Crippen molar-refractivity contribution in [2.75, 3.05) is 6.61 Å². The van der Waals surface area contributed by atoms with E-state index >= 15 is 0 Å². The van der Waals surface area contributed by atoms with Crippen LogP contribution in [-0.2, 0) is 9.53 Å². The Morgan fingerprint density at radius 1 is 1.13 bits per heavy atom. The summed E-state index contributed by atoms with van der Waals surface area (Å²) in [6, 6.07) is 8.93. The molecule has 1 saturated carbocycles. The van der Waals surface area contributed by atoms with E-state index in [-0.39, 0.29) is 6.04 Å². The van der Waals surface area contributed by atoms with Gasteiger partial charge in [0.25, 0.3) is 5.91 Å². The summed E-state index contributed by atoms with van der Waals surface area (Å²) in [4.78, 5) is 36.6. The highest BCUT2D eigenvalue weighted by atomic mass is 16.5. The van der Waals surface area contributed by atoms with Crippen LogP contribution in [0, 0.1) is 19.8 Å². The number of carbonyl (C=O) groups excluding carboxylic acids is 3. The van der Waals surface area contributed by atoms with Gasteiger partial charge in [-0.3, -0.25) is 10.1 Å². The Balaban J connectivity index is 1.54. The van der Waals surface area contributed by atoms with Crippen LogP contribution >= 0.6 is 0 Å². The van der Waals surface area contributed by atoms with Crippen LogP contribution in [0.25, 0.3) is 5.69 Å². The van der Waals surface area contributed by atoms with Crippen molar-refractivity contribution in [3.05, 3.63) is 47.3 Å². The number of para-hydroxylation sites is 1. The fraction of sp³-hybridized carbons (Fsp3) is 0.455. The molecule has 3 rings (SSSR count). The molecule has 3 amide bonds. The molecule has 0 spiro atoms. The third-order valence-corrected chi connectivity index (χ3v) is 5.51. The lowest BCUT2D eigenvalue weighted by Gasteiger charge is -2.29. The lowest BCUT2D eigenvalue weighted by molar-refractivity contribution is -0.123. The summed E-state index contributed by atoms with van der Waals surface area (Å²) < 4.78 is 6.79. The molecule has 160 valence electrons. The van der Waals surface area contributed by atoms with E-state index in [4.69, 9.17) is 4.74 Å². The first-order valence-corrected chi connectivity index (χ1v) is 10.3. The molecule has 2 N–H and O–H groups in total. The third-order valence-electron chi connectivity index (χ3n) is 5.51. The molecule has 2 atom stereocenters. The predicted octanol–water partition coefficient (Wildman–Crippen LogP) is 3.05. The maximum Gasteiger partial charge on any atom is 0.342 e. The average molecular weight is 412 g/mol. The van der Waals surface area contributed by atoms with Crippen molar-refractivity contribution in [1.82, 2.24) is 20.4 Å². The number of rotatable bonds is 5. The Bertz CT molecular complexity index is 923. The highest BCUT2D eigenvalue weighted by Gasteiger charge is 2.24. The summed E-state index contributed by atoms with van der Waals surface area (Å²) in [7, 11) is 0. The molecule has 0 radical (unpaired) electrons. The molecule has 0 bridgehead atoms. The first kappa shape index (κ1) is 21.5. The topological polar surface area (TPSA) is 102 Å². The minimum Gasteiger partial charge on any atom is -0.452 e. The van der Waals surface area contributed by atoms with Gasteiger partial charge >= 0.3 is 12.0 Å². The Labute approximate surface area is 176 Å². The second-order valence-corrected chi connectivity index (χ2v) is 7.76. The molecule has 0 unspecified atom stereocenters. The number of aryl methyl sites for hydroxylation is 1. The van der Waals surface area contributed by atoms with E-state index in [0.717, 1.165) is 31.4 Å². The number of amides is 3. The fourth-order valence-corrected chi connectivity index (χ4v) is 3.86. The number of hydrogen-bond donors (Lipinski definition) is 2. The molecule has 1 aromatic carbocycles. The molecule has 1 heterocycles. The molecule has 1 fully saturated rings. The van der Waals surface area contributed by atoms with Gasteiger partial charge in [-0.1, -0.05) is 38.0 Å². The molecular weight excluding hydrogens is 384 g/mol. The van der Waals surface area contributed by atoms with Crippen molar-refractivity contribution >= 4 is 17.9 Å². The van der Waals surface area contributed by atoms with Crippen LogP contribution in [0.3, 0.4) is 0 Å². The highest BCUT2D eigenvalue weighted by molar-refractivity contribution is 5.97. The van der Waals surface area contributed by atoms with Crippen LogP contribution in [0.4, 0.5) is 4.79 Å². The predicted molar refractivity (Wildman–Crippen MR) is 111 cm³/mol. The van der Waals surface area contributed by atoms with Crippen molar-refractivity contribution in [3.8, 4) is 5.69 Å². The van der Waals surface area contributed by atoms with E-state index in [1.165, 1.54) is 0 Å². The molecule has 8 nitrogen and oxygen atoms in total. The molecule has 1 aliphatic carbocycles. The minimum atomic E-state index is -0.671. The zero-order valence-corrected chi connectivity index (χ0v) is 17.6. The normalized spacial score (nSPS) is 18.5. The van der Waals surface area contributed by atoms with Crippen LogP contribution in [0.2, 0.25) is 0 Å². The summed E-state index contributed by atoms with van der Waals surface area (Å²) in [5, 5.41) is 9.46. The number of nitrogens with zero attached hydrogens (tertiary/aromatic N) is 2. The maximum absolute atomic E-state index is 12.5. The van der Waals surface area contributed by atoms with Gasteiger partial charge in [-0.25, -0.2) is 14.3 Å². The van der Waals surface area contributed by atoms with Crippen LogP contribution in [0.5, 0.6) is 0 Å². The fourth-order valence-electron chi connectivity index (χ4n) is 3.86. The smallest absolute Gasteiger partial charge is 0.342 e. The number of esters is 1. The van der Waals surface area contributed by atoms with Gasteiger partial charge < -0.3 is 10.1 Å². The molecule has 8 heteroatoms. The Morgan fingerprint density at radius 3 is 2.53 bits per heavy atom. The molecule has 2 aromatic rings. The highest BCUT2D eigenvalue weighted by Crippen LogP contribution is 2.23. The molecule has 0 saturated heterocycles. The van der Waals surface area contributed by atoms with Gasteiger partial charge in [0.15, 0.2) is 6.61 Å². The second-order valence-electron chi connectivity index (χ2n) is 7.76. The summed E-state index contributed by atoms with van der Waals surface area (Å²) >= 11 is 0. The Hall–Kier alpha value is -3.16. The van der Waals surface area contributed by atoms with Crippen LogP contribution in [0.15, 0.2) is 30.3 Å². The molecular formula is C22H28N4O4. The number of carbonyl (C=O) groups is 3. The third kappa shape index (κ3) is 5.06. The first-order valence-electron chi connectivity index (χ1n) is 10.3. The van der Waals surface area contributed by atoms with Crippen molar-refractivity contribution in [2.45, 2.75) is 52.5 Å².